The molecule has 1 N–H and O–H groups in total. The van der Waals surface area contributed by atoms with Crippen molar-refractivity contribution in [1.82, 2.24) is 0 Å². The fourth-order valence-electron chi connectivity index (χ4n) is 1.14. The quantitative estimate of drug-likeness (QED) is 0.779. The second-order valence-electron chi connectivity index (χ2n) is 2.93. The van der Waals surface area contributed by atoms with Crippen molar-refractivity contribution < 1.29 is 9.90 Å². The largest absolute Gasteiger partial charge is 0.383 e. The van der Waals surface area contributed by atoms with Gasteiger partial charge in [0.1, 0.15) is 6.10 Å². The summed E-state index contributed by atoms with van der Waals surface area (Å²) in [6, 6.07) is 8.92. The van der Waals surface area contributed by atoms with E-state index in [1.165, 1.54) is 6.92 Å². The summed E-state index contributed by atoms with van der Waals surface area (Å²) in [5, 5.41) is 9.78. The maximum Gasteiger partial charge on any atom is 0.159 e. The van der Waals surface area contributed by atoms with Crippen molar-refractivity contribution in [3.8, 4) is 0 Å². The van der Waals surface area contributed by atoms with Crippen LogP contribution in [0.5, 0.6) is 0 Å². The van der Waals surface area contributed by atoms with E-state index >= 15 is 0 Å². The topological polar surface area (TPSA) is 37.3 Å². The SMILES string of the molecule is CC(=O)/C(=C/Cl)C(O)c1ccccc1. The van der Waals surface area contributed by atoms with Crippen molar-refractivity contribution in [3.63, 3.8) is 0 Å². The van der Waals surface area contributed by atoms with E-state index < -0.39 is 6.10 Å². The average molecular weight is 211 g/mol. The zero-order valence-electron chi connectivity index (χ0n) is 7.77. The molecule has 0 saturated heterocycles. The van der Waals surface area contributed by atoms with E-state index in [0.717, 1.165) is 5.54 Å². The molecule has 0 saturated carbocycles. The van der Waals surface area contributed by atoms with Gasteiger partial charge in [-0.3, -0.25) is 4.79 Å². The van der Waals surface area contributed by atoms with Gasteiger partial charge in [-0.05, 0) is 12.5 Å². The smallest absolute Gasteiger partial charge is 0.159 e. The molecule has 14 heavy (non-hydrogen) atoms. The molecule has 0 spiro atoms. The molecule has 1 rings (SSSR count). The highest BCUT2D eigenvalue weighted by molar-refractivity contribution is 6.27. The molecule has 0 aliphatic heterocycles. The molecule has 0 aromatic heterocycles. The summed E-state index contributed by atoms with van der Waals surface area (Å²) in [5.41, 5.74) is 1.99. The first kappa shape index (κ1) is 11.0. The number of carbonyl (C=O) groups is 1. The Balaban J connectivity index is 2.96. The summed E-state index contributed by atoms with van der Waals surface area (Å²) < 4.78 is 0. The van der Waals surface area contributed by atoms with Crippen LogP contribution < -0.4 is 0 Å². The van der Waals surface area contributed by atoms with E-state index in [1.54, 1.807) is 24.3 Å². The standard InChI is InChI=1S/C11H11ClO2/c1-8(13)10(7-12)11(14)9-5-3-2-4-6-9/h2-7,11,14H,1H3/b10-7-. The van der Waals surface area contributed by atoms with Crippen LogP contribution in [0.4, 0.5) is 0 Å². The molecule has 2 nitrogen and oxygen atoms in total. The van der Waals surface area contributed by atoms with Gasteiger partial charge in [-0.25, -0.2) is 0 Å². The number of rotatable bonds is 3. The summed E-state index contributed by atoms with van der Waals surface area (Å²) in [6.45, 7) is 1.38. The van der Waals surface area contributed by atoms with Gasteiger partial charge in [-0.15, -0.1) is 0 Å². The summed E-state index contributed by atoms with van der Waals surface area (Å²) in [4.78, 5) is 11.1. The van der Waals surface area contributed by atoms with Gasteiger partial charge in [0.25, 0.3) is 0 Å². The molecule has 74 valence electrons. The third kappa shape index (κ3) is 2.44. The lowest BCUT2D eigenvalue weighted by atomic mass is 10.0. The van der Waals surface area contributed by atoms with Crippen molar-refractivity contribution in [2.45, 2.75) is 13.0 Å². The normalized spacial score (nSPS) is 13.8. The summed E-state index contributed by atoms with van der Waals surface area (Å²) in [5.74, 6) is -0.226. The van der Waals surface area contributed by atoms with Crippen molar-refractivity contribution in [1.29, 1.82) is 0 Å². The van der Waals surface area contributed by atoms with Crippen molar-refractivity contribution in [2.75, 3.05) is 0 Å². The van der Waals surface area contributed by atoms with Crippen LogP contribution in [0.1, 0.15) is 18.6 Å². The highest BCUT2D eigenvalue weighted by atomic mass is 35.5. The van der Waals surface area contributed by atoms with Gasteiger partial charge in [0.2, 0.25) is 0 Å². The Bertz CT molecular complexity index is 344. The molecule has 0 bridgehead atoms. The van der Waals surface area contributed by atoms with Crippen LogP contribution >= 0.6 is 11.6 Å². The predicted molar refractivity (Wildman–Crippen MR) is 56.0 cm³/mol. The van der Waals surface area contributed by atoms with Crippen LogP contribution in [-0.2, 0) is 4.79 Å². The minimum absolute atomic E-state index is 0.206. The maximum absolute atomic E-state index is 11.1. The van der Waals surface area contributed by atoms with Gasteiger partial charge in [0, 0.05) is 11.1 Å². The van der Waals surface area contributed by atoms with E-state index in [9.17, 15) is 9.90 Å². The lowest BCUT2D eigenvalue weighted by Gasteiger charge is -2.11. The number of hydrogen-bond acceptors (Lipinski definition) is 2. The molecule has 0 radical (unpaired) electrons. The van der Waals surface area contributed by atoms with Crippen LogP contribution in [0.15, 0.2) is 41.4 Å². The number of hydrogen-bond donors (Lipinski definition) is 1. The predicted octanol–water partition coefficient (Wildman–Crippen LogP) is 2.43. The Morgan fingerprint density at radius 1 is 1.43 bits per heavy atom. The lowest BCUT2D eigenvalue weighted by molar-refractivity contribution is -0.114. The molecule has 0 heterocycles. The van der Waals surface area contributed by atoms with E-state index in [0.29, 0.717) is 5.56 Å². The molecular formula is C11H11ClO2. The number of aliphatic hydroxyl groups is 1. The Morgan fingerprint density at radius 3 is 2.43 bits per heavy atom. The summed E-state index contributed by atoms with van der Waals surface area (Å²) in [6.07, 6.45) is -0.939. The molecule has 1 atom stereocenters. The van der Waals surface area contributed by atoms with Crippen LogP contribution in [-0.4, -0.2) is 10.9 Å². The number of aliphatic hydroxyl groups excluding tert-OH is 1. The average Bonchev–Trinajstić information content (AvgIpc) is 2.19. The van der Waals surface area contributed by atoms with Crippen molar-refractivity contribution >= 4 is 17.4 Å². The molecule has 1 unspecified atom stereocenters. The number of benzene rings is 1. The third-order valence-corrected chi connectivity index (χ3v) is 2.17. The number of ketones is 1. The van der Waals surface area contributed by atoms with E-state index in [2.05, 4.69) is 0 Å². The minimum Gasteiger partial charge on any atom is -0.383 e. The van der Waals surface area contributed by atoms with Gasteiger partial charge in [-0.1, -0.05) is 41.9 Å². The first-order chi connectivity index (χ1) is 6.66. The number of halogens is 1. The molecule has 1 aromatic carbocycles. The van der Waals surface area contributed by atoms with Crippen molar-refractivity contribution in [2.24, 2.45) is 0 Å². The molecule has 0 aliphatic carbocycles. The minimum atomic E-state index is -0.939. The van der Waals surface area contributed by atoms with Crippen molar-refractivity contribution in [3.05, 3.63) is 47.0 Å². The Morgan fingerprint density at radius 2 is 2.00 bits per heavy atom. The molecular weight excluding hydrogens is 200 g/mol. The van der Waals surface area contributed by atoms with Crippen LogP contribution in [0, 0.1) is 0 Å². The Labute approximate surface area is 87.8 Å². The zero-order chi connectivity index (χ0) is 10.6. The first-order valence-electron chi connectivity index (χ1n) is 4.21. The molecule has 0 amide bonds. The zero-order valence-corrected chi connectivity index (χ0v) is 8.53. The van der Waals surface area contributed by atoms with Crippen LogP contribution in [0.3, 0.4) is 0 Å². The first-order valence-corrected chi connectivity index (χ1v) is 4.64. The number of Topliss-reactive ketones (excluding diaryl/α,β-unsaturated/α-hetero) is 1. The third-order valence-electron chi connectivity index (χ3n) is 1.93. The van der Waals surface area contributed by atoms with Crippen LogP contribution in [0.2, 0.25) is 0 Å². The highest BCUT2D eigenvalue weighted by Gasteiger charge is 2.16. The Kier molecular flexibility index (Phi) is 3.86. The van der Waals surface area contributed by atoms with Gasteiger partial charge in [0.15, 0.2) is 5.78 Å². The highest BCUT2D eigenvalue weighted by Crippen LogP contribution is 2.22. The van der Waals surface area contributed by atoms with Crippen LogP contribution in [0.25, 0.3) is 0 Å². The van der Waals surface area contributed by atoms with E-state index in [1.807, 2.05) is 6.07 Å². The summed E-state index contributed by atoms with van der Waals surface area (Å²) >= 11 is 5.46. The fraction of sp³-hybridized carbons (Fsp3) is 0.182. The lowest BCUT2D eigenvalue weighted by Crippen LogP contribution is -2.07. The Hall–Kier alpha value is -1.12. The van der Waals surface area contributed by atoms with Gasteiger partial charge in [0.05, 0.1) is 0 Å². The van der Waals surface area contributed by atoms with Gasteiger partial charge in [-0.2, -0.15) is 0 Å². The second kappa shape index (κ2) is 4.94. The molecule has 0 aliphatic rings. The number of carbonyl (C=O) groups excluding carboxylic acids is 1. The van der Waals surface area contributed by atoms with E-state index in [-0.39, 0.29) is 11.4 Å². The fourth-order valence-corrected chi connectivity index (χ4v) is 1.42. The molecule has 1 aromatic rings. The van der Waals surface area contributed by atoms with E-state index in [4.69, 9.17) is 11.6 Å². The molecule has 3 heteroatoms. The maximum atomic E-state index is 11.1. The second-order valence-corrected chi connectivity index (χ2v) is 3.15. The summed E-state index contributed by atoms with van der Waals surface area (Å²) in [7, 11) is 0. The monoisotopic (exact) mass is 210 g/mol. The molecule has 0 fully saturated rings. The van der Waals surface area contributed by atoms with Gasteiger partial charge >= 0.3 is 0 Å². The van der Waals surface area contributed by atoms with Gasteiger partial charge < -0.3 is 5.11 Å².